The Morgan fingerprint density at radius 2 is 1.64 bits per heavy atom. The first-order valence-electron chi connectivity index (χ1n) is 8.59. The van der Waals surface area contributed by atoms with Gasteiger partial charge >= 0.3 is 5.97 Å². The van der Waals surface area contributed by atoms with Gasteiger partial charge in [-0.2, -0.15) is 0 Å². The summed E-state index contributed by atoms with van der Waals surface area (Å²) < 4.78 is 4.66. The molecule has 6 heteroatoms. The molecule has 0 bridgehead atoms. The summed E-state index contributed by atoms with van der Waals surface area (Å²) in [4.78, 5) is 28.5. The molecule has 0 fully saturated rings. The fourth-order valence-electron chi connectivity index (χ4n) is 2.95. The van der Waals surface area contributed by atoms with E-state index in [-0.39, 0.29) is 5.91 Å². The summed E-state index contributed by atoms with van der Waals surface area (Å²) >= 11 is 1.37. The molecule has 4 rings (SSSR count). The standard InChI is InChI=1S/C22H16N2O3S/c1-27-21(26)16-11-9-15(10-12-16)20(25)24-22-23-19(13-28-22)18-8-4-6-14-5-2-3-7-17(14)18/h2-13H,1H3,(H,23,24,25). The largest absolute Gasteiger partial charge is 0.465 e. The van der Waals surface area contributed by atoms with Crippen molar-refractivity contribution in [3.63, 3.8) is 0 Å². The lowest BCUT2D eigenvalue weighted by Gasteiger charge is -2.04. The summed E-state index contributed by atoms with van der Waals surface area (Å²) in [5, 5.41) is 7.52. The zero-order chi connectivity index (χ0) is 19.5. The number of thiazole rings is 1. The monoisotopic (exact) mass is 388 g/mol. The maximum absolute atomic E-state index is 12.5. The minimum absolute atomic E-state index is 0.282. The van der Waals surface area contributed by atoms with E-state index in [4.69, 9.17) is 0 Å². The van der Waals surface area contributed by atoms with Crippen LogP contribution in [0.15, 0.2) is 72.1 Å². The van der Waals surface area contributed by atoms with Crippen molar-refractivity contribution in [1.29, 1.82) is 0 Å². The third-order valence-electron chi connectivity index (χ3n) is 4.36. The average molecular weight is 388 g/mol. The number of hydrogen-bond donors (Lipinski definition) is 1. The Hall–Kier alpha value is -3.51. The lowest BCUT2D eigenvalue weighted by molar-refractivity contribution is 0.0600. The number of aromatic nitrogens is 1. The SMILES string of the molecule is COC(=O)c1ccc(C(=O)Nc2nc(-c3cccc4ccccc34)cs2)cc1. The molecule has 1 aromatic heterocycles. The Morgan fingerprint density at radius 1 is 0.929 bits per heavy atom. The van der Waals surface area contributed by atoms with Gasteiger partial charge < -0.3 is 4.74 Å². The number of benzene rings is 3. The molecular weight excluding hydrogens is 372 g/mol. The zero-order valence-electron chi connectivity index (χ0n) is 15.0. The fraction of sp³-hybridized carbons (Fsp3) is 0.0455. The number of carbonyl (C=O) groups is 2. The number of hydrogen-bond acceptors (Lipinski definition) is 5. The van der Waals surface area contributed by atoms with E-state index in [1.165, 1.54) is 18.4 Å². The van der Waals surface area contributed by atoms with E-state index in [0.29, 0.717) is 16.3 Å². The minimum Gasteiger partial charge on any atom is -0.465 e. The predicted octanol–water partition coefficient (Wildman–Crippen LogP) is 5.00. The first kappa shape index (κ1) is 17.9. The normalized spacial score (nSPS) is 10.6. The molecule has 1 heterocycles. The second-order valence-electron chi connectivity index (χ2n) is 6.09. The van der Waals surface area contributed by atoms with Crippen LogP contribution >= 0.6 is 11.3 Å². The maximum Gasteiger partial charge on any atom is 0.337 e. The van der Waals surface area contributed by atoms with Gasteiger partial charge in [-0.3, -0.25) is 10.1 Å². The van der Waals surface area contributed by atoms with Crippen LogP contribution in [0.25, 0.3) is 22.0 Å². The third-order valence-corrected chi connectivity index (χ3v) is 5.12. The fourth-order valence-corrected chi connectivity index (χ4v) is 3.65. The third kappa shape index (κ3) is 3.50. The van der Waals surface area contributed by atoms with Crippen molar-refractivity contribution in [2.45, 2.75) is 0 Å². The van der Waals surface area contributed by atoms with Gasteiger partial charge in [0.1, 0.15) is 0 Å². The van der Waals surface area contributed by atoms with Crippen LogP contribution < -0.4 is 5.32 Å². The lowest BCUT2D eigenvalue weighted by atomic mass is 10.0. The highest BCUT2D eigenvalue weighted by molar-refractivity contribution is 7.14. The number of nitrogens with one attached hydrogen (secondary N) is 1. The van der Waals surface area contributed by atoms with Crippen molar-refractivity contribution in [3.8, 4) is 11.3 Å². The molecule has 0 saturated carbocycles. The highest BCUT2D eigenvalue weighted by Crippen LogP contribution is 2.31. The van der Waals surface area contributed by atoms with Gasteiger partial charge in [-0.1, -0.05) is 42.5 Å². The van der Waals surface area contributed by atoms with Gasteiger partial charge in [0.15, 0.2) is 5.13 Å². The second-order valence-corrected chi connectivity index (χ2v) is 6.95. The summed E-state index contributed by atoms with van der Waals surface area (Å²) in [6.07, 6.45) is 0. The molecule has 0 atom stereocenters. The topological polar surface area (TPSA) is 68.3 Å². The van der Waals surface area contributed by atoms with E-state index in [9.17, 15) is 9.59 Å². The lowest BCUT2D eigenvalue weighted by Crippen LogP contribution is -2.12. The Labute approximate surface area is 165 Å². The molecule has 0 radical (unpaired) electrons. The van der Waals surface area contributed by atoms with E-state index in [2.05, 4.69) is 33.2 Å². The van der Waals surface area contributed by atoms with Gasteiger partial charge in [0.05, 0.1) is 18.4 Å². The minimum atomic E-state index is -0.438. The second kappa shape index (κ2) is 7.62. The predicted molar refractivity (Wildman–Crippen MR) is 111 cm³/mol. The maximum atomic E-state index is 12.5. The molecule has 0 spiro atoms. The summed E-state index contributed by atoms with van der Waals surface area (Å²) in [6, 6.07) is 20.5. The molecule has 1 amide bonds. The number of anilines is 1. The van der Waals surface area contributed by atoms with Crippen LogP contribution in [0.4, 0.5) is 5.13 Å². The molecular formula is C22H16N2O3S. The molecule has 0 aliphatic heterocycles. The van der Waals surface area contributed by atoms with Gasteiger partial charge in [0, 0.05) is 16.5 Å². The number of fused-ring (bicyclic) bond motifs is 1. The van der Waals surface area contributed by atoms with Crippen molar-refractivity contribution < 1.29 is 14.3 Å². The van der Waals surface area contributed by atoms with Crippen LogP contribution in [0.3, 0.4) is 0 Å². The Kier molecular flexibility index (Phi) is 4.87. The number of methoxy groups -OCH3 is 1. The van der Waals surface area contributed by atoms with Crippen LogP contribution in [0.5, 0.6) is 0 Å². The molecule has 0 saturated heterocycles. The first-order valence-corrected chi connectivity index (χ1v) is 9.47. The Balaban J connectivity index is 1.55. The van der Waals surface area contributed by atoms with Gasteiger partial charge in [-0.15, -0.1) is 11.3 Å². The number of carbonyl (C=O) groups excluding carboxylic acids is 2. The van der Waals surface area contributed by atoms with E-state index >= 15 is 0 Å². The number of ether oxygens (including phenoxy) is 1. The van der Waals surface area contributed by atoms with Crippen molar-refractivity contribution in [3.05, 3.63) is 83.2 Å². The van der Waals surface area contributed by atoms with E-state index in [1.54, 1.807) is 24.3 Å². The van der Waals surface area contributed by atoms with Gasteiger partial charge in [-0.05, 0) is 35.0 Å². The molecule has 0 unspecified atom stereocenters. The van der Waals surface area contributed by atoms with Crippen LogP contribution in [0, 0.1) is 0 Å². The van der Waals surface area contributed by atoms with Crippen molar-refractivity contribution >= 4 is 39.1 Å². The summed E-state index contributed by atoms with van der Waals surface area (Å²) in [5.41, 5.74) is 2.68. The quantitative estimate of drug-likeness (QED) is 0.500. The molecule has 138 valence electrons. The van der Waals surface area contributed by atoms with Crippen LogP contribution in [-0.2, 0) is 4.74 Å². The number of amides is 1. The molecule has 1 N–H and O–H groups in total. The zero-order valence-corrected chi connectivity index (χ0v) is 15.8. The smallest absolute Gasteiger partial charge is 0.337 e. The first-order chi connectivity index (χ1) is 13.7. The number of nitrogens with zero attached hydrogens (tertiary/aromatic N) is 1. The number of rotatable bonds is 4. The van der Waals surface area contributed by atoms with E-state index in [0.717, 1.165) is 22.0 Å². The van der Waals surface area contributed by atoms with E-state index < -0.39 is 5.97 Å². The molecule has 5 nitrogen and oxygen atoms in total. The average Bonchev–Trinajstić information content (AvgIpc) is 3.21. The molecule has 4 aromatic rings. The van der Waals surface area contributed by atoms with Crippen molar-refractivity contribution in [2.24, 2.45) is 0 Å². The molecule has 28 heavy (non-hydrogen) atoms. The van der Waals surface area contributed by atoms with E-state index in [1.807, 2.05) is 29.6 Å². The van der Waals surface area contributed by atoms with Gasteiger partial charge in [-0.25, -0.2) is 9.78 Å². The van der Waals surface area contributed by atoms with Crippen molar-refractivity contribution in [1.82, 2.24) is 4.98 Å². The summed E-state index contributed by atoms with van der Waals surface area (Å²) in [6.45, 7) is 0. The highest BCUT2D eigenvalue weighted by atomic mass is 32.1. The van der Waals surface area contributed by atoms with Crippen LogP contribution in [0.2, 0.25) is 0 Å². The Bertz CT molecular complexity index is 1160. The highest BCUT2D eigenvalue weighted by Gasteiger charge is 2.12. The molecule has 3 aromatic carbocycles. The summed E-state index contributed by atoms with van der Waals surface area (Å²) in [5.74, 6) is -0.721. The Morgan fingerprint density at radius 3 is 2.43 bits per heavy atom. The van der Waals surface area contributed by atoms with Crippen molar-refractivity contribution in [2.75, 3.05) is 12.4 Å². The summed E-state index contributed by atoms with van der Waals surface area (Å²) in [7, 11) is 1.32. The molecule has 0 aliphatic carbocycles. The molecule has 0 aliphatic rings. The van der Waals surface area contributed by atoms with Crippen LogP contribution in [-0.4, -0.2) is 24.0 Å². The van der Waals surface area contributed by atoms with Gasteiger partial charge in [0.2, 0.25) is 0 Å². The van der Waals surface area contributed by atoms with Crippen LogP contribution in [0.1, 0.15) is 20.7 Å². The van der Waals surface area contributed by atoms with Gasteiger partial charge in [0.25, 0.3) is 5.91 Å². The number of esters is 1.